The number of nitrogens with two attached hydrogens (primary N) is 1. The first-order valence-electron chi connectivity index (χ1n) is 5.07. The molecule has 3 N–H and O–H groups in total. The number of rotatable bonds is 3. The van der Waals surface area contributed by atoms with Crippen molar-refractivity contribution in [1.29, 1.82) is 0 Å². The van der Waals surface area contributed by atoms with Gasteiger partial charge in [0.05, 0.1) is 12.1 Å². The molecule has 0 amide bonds. The number of aliphatic hydroxyl groups excluding tert-OH is 1. The van der Waals surface area contributed by atoms with Crippen molar-refractivity contribution in [2.75, 3.05) is 0 Å². The lowest BCUT2D eigenvalue weighted by Crippen LogP contribution is -2.26. The minimum atomic E-state index is -0.449. The summed E-state index contributed by atoms with van der Waals surface area (Å²) in [4.78, 5) is 0. The molecule has 0 aromatic heterocycles. The van der Waals surface area contributed by atoms with E-state index in [-0.39, 0.29) is 18.4 Å². The lowest BCUT2D eigenvalue weighted by atomic mass is 9.92. The Balaban J connectivity index is 0.00000196. The smallest absolute Gasteiger partial charge is 0.0730 e. The van der Waals surface area contributed by atoms with Gasteiger partial charge in [-0.05, 0) is 37.0 Å². The minimum Gasteiger partial charge on any atom is -0.391 e. The van der Waals surface area contributed by atoms with Crippen LogP contribution in [0.5, 0.6) is 0 Å². The molecule has 0 bridgehead atoms. The second kappa shape index (κ2) is 6.11. The molecular formula is C12H20ClNO. The minimum absolute atomic E-state index is 0. The van der Waals surface area contributed by atoms with Gasteiger partial charge in [-0.25, -0.2) is 0 Å². The predicted molar refractivity (Wildman–Crippen MR) is 66.4 cm³/mol. The second-order valence-electron chi connectivity index (χ2n) is 3.81. The van der Waals surface area contributed by atoms with E-state index in [1.54, 1.807) is 0 Å². The Labute approximate surface area is 97.9 Å². The molecule has 0 radical (unpaired) electrons. The lowest BCUT2D eigenvalue weighted by Gasteiger charge is -2.21. The van der Waals surface area contributed by atoms with E-state index in [2.05, 4.69) is 0 Å². The number of halogens is 1. The Kier molecular flexibility index (Phi) is 5.88. The van der Waals surface area contributed by atoms with E-state index < -0.39 is 6.10 Å². The van der Waals surface area contributed by atoms with Gasteiger partial charge < -0.3 is 10.8 Å². The predicted octanol–water partition coefficient (Wildman–Crippen LogP) is 2.50. The Hall–Kier alpha value is -0.570. The van der Waals surface area contributed by atoms with Crippen molar-refractivity contribution in [1.82, 2.24) is 0 Å². The molecular weight excluding hydrogens is 210 g/mol. The van der Waals surface area contributed by atoms with Gasteiger partial charge in [-0.15, -0.1) is 12.4 Å². The lowest BCUT2D eigenvalue weighted by molar-refractivity contribution is 0.140. The van der Waals surface area contributed by atoms with Crippen LogP contribution in [0, 0.1) is 13.8 Å². The zero-order chi connectivity index (χ0) is 10.7. The van der Waals surface area contributed by atoms with Crippen LogP contribution in [-0.2, 0) is 0 Å². The fraction of sp³-hybridized carbons (Fsp3) is 0.500. The molecule has 0 saturated heterocycles. The molecule has 0 unspecified atom stereocenters. The topological polar surface area (TPSA) is 46.2 Å². The number of aryl methyl sites for hydroxylation is 2. The zero-order valence-electron chi connectivity index (χ0n) is 9.53. The van der Waals surface area contributed by atoms with Crippen LogP contribution < -0.4 is 5.73 Å². The molecule has 0 fully saturated rings. The average molecular weight is 230 g/mol. The summed E-state index contributed by atoms with van der Waals surface area (Å²) >= 11 is 0. The van der Waals surface area contributed by atoms with Crippen molar-refractivity contribution in [2.24, 2.45) is 5.73 Å². The maximum Gasteiger partial charge on any atom is 0.0730 e. The summed E-state index contributed by atoms with van der Waals surface area (Å²) in [7, 11) is 0. The molecule has 86 valence electrons. The largest absolute Gasteiger partial charge is 0.391 e. The third-order valence-corrected chi connectivity index (χ3v) is 2.71. The first-order valence-corrected chi connectivity index (χ1v) is 5.07. The van der Waals surface area contributed by atoms with Crippen molar-refractivity contribution in [2.45, 2.75) is 39.3 Å². The number of benzene rings is 1. The standard InChI is InChI=1S/C12H19NO.ClH/c1-4-10(14)12(13)11-8(2)6-5-7-9(11)3;/h5-7,10,12,14H,4,13H2,1-3H3;1H/t10-,12-;/m1./s1. The van der Waals surface area contributed by atoms with E-state index in [0.717, 1.165) is 16.7 Å². The second-order valence-corrected chi connectivity index (χ2v) is 3.81. The molecule has 2 nitrogen and oxygen atoms in total. The summed E-state index contributed by atoms with van der Waals surface area (Å²) in [6, 6.07) is 5.81. The number of hydrogen-bond donors (Lipinski definition) is 2. The van der Waals surface area contributed by atoms with Gasteiger partial charge in [-0.2, -0.15) is 0 Å². The molecule has 0 heterocycles. The molecule has 0 saturated carbocycles. The van der Waals surface area contributed by atoms with Crippen LogP contribution in [0.1, 0.15) is 36.1 Å². The van der Waals surface area contributed by atoms with Crippen molar-refractivity contribution in [3.8, 4) is 0 Å². The molecule has 1 rings (SSSR count). The van der Waals surface area contributed by atoms with E-state index in [1.165, 1.54) is 0 Å². The highest BCUT2D eigenvalue weighted by molar-refractivity contribution is 5.85. The number of aliphatic hydroxyl groups is 1. The third kappa shape index (κ3) is 3.20. The van der Waals surface area contributed by atoms with Crippen molar-refractivity contribution < 1.29 is 5.11 Å². The van der Waals surface area contributed by atoms with Gasteiger partial charge in [0.25, 0.3) is 0 Å². The van der Waals surface area contributed by atoms with Crippen LogP contribution in [-0.4, -0.2) is 11.2 Å². The summed E-state index contributed by atoms with van der Waals surface area (Å²) in [6.07, 6.45) is 0.240. The van der Waals surface area contributed by atoms with Crippen LogP contribution in [0.25, 0.3) is 0 Å². The summed E-state index contributed by atoms with van der Waals surface area (Å²) in [6.45, 7) is 6.01. The monoisotopic (exact) mass is 229 g/mol. The highest BCUT2D eigenvalue weighted by Gasteiger charge is 2.18. The molecule has 1 aromatic carbocycles. The van der Waals surface area contributed by atoms with Crippen molar-refractivity contribution in [3.63, 3.8) is 0 Å². The Morgan fingerprint density at radius 1 is 1.27 bits per heavy atom. The Morgan fingerprint density at radius 3 is 2.13 bits per heavy atom. The van der Waals surface area contributed by atoms with Crippen LogP contribution in [0.2, 0.25) is 0 Å². The van der Waals surface area contributed by atoms with Crippen molar-refractivity contribution in [3.05, 3.63) is 34.9 Å². The summed E-state index contributed by atoms with van der Waals surface area (Å²) in [5.74, 6) is 0. The summed E-state index contributed by atoms with van der Waals surface area (Å²) in [5, 5.41) is 9.70. The number of hydrogen-bond acceptors (Lipinski definition) is 2. The van der Waals surface area contributed by atoms with E-state index in [4.69, 9.17) is 5.73 Å². The fourth-order valence-corrected chi connectivity index (χ4v) is 1.80. The first kappa shape index (κ1) is 14.4. The maximum absolute atomic E-state index is 9.70. The molecule has 3 heteroatoms. The molecule has 0 aliphatic heterocycles. The zero-order valence-corrected chi connectivity index (χ0v) is 10.3. The maximum atomic E-state index is 9.70. The van der Waals surface area contributed by atoms with E-state index in [0.29, 0.717) is 6.42 Å². The summed E-state index contributed by atoms with van der Waals surface area (Å²) < 4.78 is 0. The van der Waals surface area contributed by atoms with Crippen LogP contribution in [0.15, 0.2) is 18.2 Å². The molecule has 2 atom stereocenters. The van der Waals surface area contributed by atoms with Crippen LogP contribution >= 0.6 is 12.4 Å². The van der Waals surface area contributed by atoms with Gasteiger partial charge in [0.2, 0.25) is 0 Å². The normalized spacial score (nSPS) is 14.2. The Bertz CT molecular complexity index is 294. The highest BCUT2D eigenvalue weighted by atomic mass is 35.5. The van der Waals surface area contributed by atoms with E-state index in [9.17, 15) is 5.11 Å². The van der Waals surface area contributed by atoms with Gasteiger partial charge >= 0.3 is 0 Å². The first-order chi connectivity index (χ1) is 6.57. The van der Waals surface area contributed by atoms with Gasteiger partial charge in [0.1, 0.15) is 0 Å². The van der Waals surface area contributed by atoms with Crippen LogP contribution in [0.4, 0.5) is 0 Å². The highest BCUT2D eigenvalue weighted by Crippen LogP contribution is 2.23. The third-order valence-electron chi connectivity index (χ3n) is 2.71. The molecule has 0 spiro atoms. The van der Waals surface area contributed by atoms with E-state index >= 15 is 0 Å². The van der Waals surface area contributed by atoms with Gasteiger partial charge in [-0.3, -0.25) is 0 Å². The molecule has 0 aliphatic rings. The molecule has 0 aliphatic carbocycles. The van der Waals surface area contributed by atoms with Gasteiger partial charge in [0.15, 0.2) is 0 Å². The van der Waals surface area contributed by atoms with E-state index in [1.807, 2.05) is 39.0 Å². The van der Waals surface area contributed by atoms with Gasteiger partial charge in [0, 0.05) is 0 Å². The van der Waals surface area contributed by atoms with Crippen LogP contribution in [0.3, 0.4) is 0 Å². The molecule has 1 aromatic rings. The molecule has 15 heavy (non-hydrogen) atoms. The average Bonchev–Trinajstić information content (AvgIpc) is 2.16. The van der Waals surface area contributed by atoms with Crippen molar-refractivity contribution >= 4 is 12.4 Å². The fourth-order valence-electron chi connectivity index (χ4n) is 1.80. The quantitative estimate of drug-likeness (QED) is 0.837. The summed E-state index contributed by atoms with van der Waals surface area (Å²) in [5.41, 5.74) is 9.40. The SMILES string of the molecule is CC[C@@H](O)[C@@H](N)c1c(C)cccc1C.Cl. The Morgan fingerprint density at radius 2 is 1.73 bits per heavy atom. The van der Waals surface area contributed by atoms with Gasteiger partial charge in [-0.1, -0.05) is 25.1 Å².